The van der Waals surface area contributed by atoms with Gasteiger partial charge in [-0.1, -0.05) is 23.7 Å². The molecule has 1 atom stereocenters. The molecule has 2 aromatic carbocycles. The first-order valence-electron chi connectivity index (χ1n) is 9.67. The molecule has 31 heavy (non-hydrogen) atoms. The monoisotopic (exact) mass is 438 g/mol. The van der Waals surface area contributed by atoms with E-state index in [-0.39, 0.29) is 24.8 Å². The Bertz CT molecular complexity index is 1140. The molecule has 3 aromatic rings. The summed E-state index contributed by atoms with van der Waals surface area (Å²) in [6.07, 6.45) is 1.57. The quantitative estimate of drug-likeness (QED) is 0.568. The maximum Gasteiger partial charge on any atom is 0.338 e. The molecule has 9 heteroatoms. The molecule has 0 spiro atoms. The van der Waals surface area contributed by atoms with Crippen molar-refractivity contribution in [3.63, 3.8) is 0 Å². The lowest BCUT2D eigenvalue weighted by Crippen LogP contribution is -2.23. The predicted molar refractivity (Wildman–Crippen MR) is 116 cm³/mol. The van der Waals surface area contributed by atoms with E-state index in [1.807, 2.05) is 12.1 Å². The van der Waals surface area contributed by atoms with E-state index >= 15 is 0 Å². The molecule has 8 nitrogen and oxygen atoms in total. The summed E-state index contributed by atoms with van der Waals surface area (Å²) >= 11 is 5.94. The summed E-state index contributed by atoms with van der Waals surface area (Å²) in [6.45, 7) is 2.02. The van der Waals surface area contributed by atoms with Gasteiger partial charge in [-0.15, -0.1) is 0 Å². The highest BCUT2D eigenvalue weighted by Crippen LogP contribution is 2.36. The van der Waals surface area contributed by atoms with Crippen molar-refractivity contribution < 1.29 is 19.1 Å². The molecule has 1 aliphatic heterocycles. The molecule has 2 N–H and O–H groups in total. The first-order valence-corrected chi connectivity index (χ1v) is 10.1. The second kappa shape index (κ2) is 8.61. The van der Waals surface area contributed by atoms with Crippen molar-refractivity contribution in [2.75, 3.05) is 17.2 Å². The summed E-state index contributed by atoms with van der Waals surface area (Å²) in [7, 11) is 0. The number of nitrogens with one attached hydrogen (secondary N) is 2. The van der Waals surface area contributed by atoms with Crippen molar-refractivity contribution in [3.05, 3.63) is 65.3 Å². The second-order valence-electron chi connectivity index (χ2n) is 6.91. The largest absolute Gasteiger partial charge is 0.462 e. The van der Waals surface area contributed by atoms with Crippen LogP contribution in [-0.4, -0.2) is 34.2 Å². The zero-order chi connectivity index (χ0) is 22.0. The van der Waals surface area contributed by atoms with Gasteiger partial charge in [0.1, 0.15) is 11.9 Å². The molecule has 0 saturated carbocycles. The number of hydrogen-bond donors (Lipinski definition) is 2. The highest BCUT2D eigenvalue weighted by atomic mass is 35.5. The number of ether oxygens (including phenoxy) is 1. The number of nitrogens with zero attached hydrogens (tertiary/aromatic N) is 2. The standard InChI is InChI=1S/C22H19ClN4O4/c1-2-31-22(30)14-5-9-16(10-6-14)25-19(28)11-18-21(29)26-20-17(12-24-27(18)20)13-3-7-15(23)8-4-13/h3-10,12,18H,2,11H2,1H3,(H,25,28)(H,26,29). The molecule has 4 rings (SSSR count). The molecule has 2 amide bonds. The SMILES string of the molecule is CCOC(=O)c1ccc(NC(=O)CC2C(=O)Nc3c(-c4ccc(Cl)cc4)cnn32)cc1. The Morgan fingerprint density at radius 2 is 1.87 bits per heavy atom. The van der Waals surface area contributed by atoms with Crippen LogP contribution in [-0.2, 0) is 14.3 Å². The van der Waals surface area contributed by atoms with E-state index in [4.69, 9.17) is 16.3 Å². The van der Waals surface area contributed by atoms with Gasteiger partial charge < -0.3 is 15.4 Å². The van der Waals surface area contributed by atoms with Gasteiger partial charge in [-0.25, -0.2) is 9.48 Å². The minimum Gasteiger partial charge on any atom is -0.462 e. The highest BCUT2D eigenvalue weighted by Gasteiger charge is 2.35. The summed E-state index contributed by atoms with van der Waals surface area (Å²) in [6, 6.07) is 12.8. The van der Waals surface area contributed by atoms with E-state index in [1.54, 1.807) is 49.5 Å². The Hall–Kier alpha value is -3.65. The number of rotatable bonds is 6. The minimum absolute atomic E-state index is 0.0831. The summed E-state index contributed by atoms with van der Waals surface area (Å²) < 4.78 is 6.46. The fourth-order valence-electron chi connectivity index (χ4n) is 3.35. The van der Waals surface area contributed by atoms with Crippen molar-refractivity contribution in [1.29, 1.82) is 0 Å². The van der Waals surface area contributed by atoms with Gasteiger partial charge in [-0.3, -0.25) is 9.59 Å². The number of halogens is 1. The van der Waals surface area contributed by atoms with Crippen molar-refractivity contribution >= 4 is 40.9 Å². The van der Waals surface area contributed by atoms with Crippen molar-refractivity contribution in [2.45, 2.75) is 19.4 Å². The van der Waals surface area contributed by atoms with Crippen molar-refractivity contribution in [3.8, 4) is 11.1 Å². The average Bonchev–Trinajstić information content (AvgIpc) is 3.29. The summed E-state index contributed by atoms with van der Waals surface area (Å²) in [5.41, 5.74) is 2.52. The van der Waals surface area contributed by atoms with Gasteiger partial charge >= 0.3 is 5.97 Å². The number of hydrogen-bond acceptors (Lipinski definition) is 5. The fraction of sp³-hybridized carbons (Fsp3) is 0.182. The number of amides is 2. The molecule has 0 bridgehead atoms. The van der Waals surface area contributed by atoms with Crippen LogP contribution in [0.25, 0.3) is 11.1 Å². The van der Waals surface area contributed by atoms with E-state index in [1.165, 1.54) is 4.68 Å². The lowest BCUT2D eigenvalue weighted by Gasteiger charge is -2.10. The maximum atomic E-state index is 12.5. The van der Waals surface area contributed by atoms with Crippen LogP contribution in [0.5, 0.6) is 0 Å². The molecular weight excluding hydrogens is 420 g/mol. The van der Waals surface area contributed by atoms with Crippen LogP contribution < -0.4 is 10.6 Å². The minimum atomic E-state index is -0.755. The molecule has 1 unspecified atom stereocenters. The second-order valence-corrected chi connectivity index (χ2v) is 7.35. The number of carbonyl (C=O) groups excluding carboxylic acids is 3. The third-order valence-electron chi connectivity index (χ3n) is 4.85. The third-order valence-corrected chi connectivity index (χ3v) is 5.10. The number of carbonyl (C=O) groups is 3. The Kier molecular flexibility index (Phi) is 5.73. The van der Waals surface area contributed by atoms with Crippen molar-refractivity contribution in [2.24, 2.45) is 0 Å². The smallest absolute Gasteiger partial charge is 0.338 e. The summed E-state index contributed by atoms with van der Waals surface area (Å²) in [5.74, 6) is -0.527. The van der Waals surface area contributed by atoms with Crippen molar-refractivity contribution in [1.82, 2.24) is 9.78 Å². The van der Waals surface area contributed by atoms with Gasteiger partial charge in [-0.2, -0.15) is 5.10 Å². The molecule has 158 valence electrons. The third kappa shape index (κ3) is 4.29. The van der Waals surface area contributed by atoms with E-state index in [0.717, 1.165) is 11.1 Å². The van der Waals surface area contributed by atoms with Crippen LogP contribution in [0.2, 0.25) is 5.02 Å². The first kappa shape index (κ1) is 20.6. The summed E-state index contributed by atoms with van der Waals surface area (Å²) in [4.78, 5) is 36.7. The van der Waals surface area contributed by atoms with Gasteiger partial charge in [0.25, 0.3) is 5.91 Å². The number of aromatic nitrogens is 2. The average molecular weight is 439 g/mol. The van der Waals surface area contributed by atoms with Gasteiger partial charge in [0.15, 0.2) is 0 Å². The van der Waals surface area contributed by atoms with Gasteiger partial charge in [0.05, 0.1) is 24.8 Å². The molecule has 0 radical (unpaired) electrons. The number of esters is 1. The lowest BCUT2D eigenvalue weighted by molar-refractivity contribution is -0.123. The molecule has 2 heterocycles. The van der Waals surface area contributed by atoms with Crippen LogP contribution in [0.3, 0.4) is 0 Å². The predicted octanol–water partition coefficient (Wildman–Crippen LogP) is 3.90. The van der Waals surface area contributed by atoms with Crippen LogP contribution in [0.15, 0.2) is 54.7 Å². The van der Waals surface area contributed by atoms with E-state index in [9.17, 15) is 14.4 Å². The van der Waals surface area contributed by atoms with Crippen LogP contribution in [0, 0.1) is 0 Å². The zero-order valence-corrected chi connectivity index (χ0v) is 17.3. The van der Waals surface area contributed by atoms with Gasteiger partial charge in [0, 0.05) is 16.3 Å². The lowest BCUT2D eigenvalue weighted by atomic mass is 10.1. The van der Waals surface area contributed by atoms with E-state index in [0.29, 0.717) is 22.1 Å². The molecule has 0 fully saturated rings. The van der Waals surface area contributed by atoms with E-state index in [2.05, 4.69) is 15.7 Å². The van der Waals surface area contributed by atoms with E-state index < -0.39 is 12.0 Å². The van der Waals surface area contributed by atoms with Crippen LogP contribution >= 0.6 is 11.6 Å². The molecule has 1 aromatic heterocycles. The van der Waals surface area contributed by atoms with Crippen LogP contribution in [0.1, 0.15) is 29.7 Å². The number of fused-ring (bicyclic) bond motifs is 1. The molecule has 0 aliphatic carbocycles. The number of anilines is 2. The molecule has 0 saturated heterocycles. The number of benzene rings is 2. The molecule has 1 aliphatic rings. The maximum absolute atomic E-state index is 12.5. The fourth-order valence-corrected chi connectivity index (χ4v) is 3.47. The Morgan fingerprint density at radius 3 is 2.55 bits per heavy atom. The molecular formula is C22H19ClN4O4. The Balaban J connectivity index is 1.45. The topological polar surface area (TPSA) is 102 Å². The first-order chi connectivity index (χ1) is 15.0. The normalized spacial score (nSPS) is 14.6. The van der Waals surface area contributed by atoms with Gasteiger partial charge in [-0.05, 0) is 48.9 Å². The Labute approximate surface area is 183 Å². The highest BCUT2D eigenvalue weighted by molar-refractivity contribution is 6.30. The van der Waals surface area contributed by atoms with Crippen LogP contribution in [0.4, 0.5) is 11.5 Å². The van der Waals surface area contributed by atoms with Gasteiger partial charge in [0.2, 0.25) is 5.91 Å². The summed E-state index contributed by atoms with van der Waals surface area (Å²) in [5, 5.41) is 10.5. The Morgan fingerprint density at radius 1 is 1.16 bits per heavy atom. The zero-order valence-electron chi connectivity index (χ0n) is 16.6.